The Labute approximate surface area is 126 Å². The number of ether oxygens (including phenoxy) is 2. The third kappa shape index (κ3) is 3.51. The van der Waals surface area contributed by atoms with Crippen LogP contribution in [0.25, 0.3) is 0 Å². The van der Waals surface area contributed by atoms with Crippen molar-refractivity contribution in [2.24, 2.45) is 11.3 Å². The summed E-state index contributed by atoms with van der Waals surface area (Å²) >= 11 is 0. The van der Waals surface area contributed by atoms with Gasteiger partial charge in [-0.2, -0.15) is 0 Å². The Balaban J connectivity index is 2.35. The van der Waals surface area contributed by atoms with E-state index in [1.165, 1.54) is 0 Å². The molecule has 118 valence electrons. The molecular formula is C15H26N4O2. The summed E-state index contributed by atoms with van der Waals surface area (Å²) in [7, 11) is 3.38. The maximum absolute atomic E-state index is 5.86. The van der Waals surface area contributed by atoms with Crippen LogP contribution in [0.15, 0.2) is 6.07 Å². The smallest absolute Gasteiger partial charge is 0.162 e. The van der Waals surface area contributed by atoms with Gasteiger partial charge < -0.3 is 14.9 Å². The van der Waals surface area contributed by atoms with E-state index >= 15 is 0 Å². The zero-order chi connectivity index (χ0) is 15.5. The van der Waals surface area contributed by atoms with Gasteiger partial charge in [0, 0.05) is 20.3 Å². The van der Waals surface area contributed by atoms with Gasteiger partial charge in [0.05, 0.1) is 12.3 Å². The molecule has 1 aromatic rings. The lowest BCUT2D eigenvalue weighted by Crippen LogP contribution is -2.38. The molecule has 0 aromatic carbocycles. The van der Waals surface area contributed by atoms with Crippen molar-refractivity contribution >= 4 is 5.82 Å². The molecule has 1 aromatic heterocycles. The molecular weight excluding hydrogens is 268 g/mol. The summed E-state index contributed by atoms with van der Waals surface area (Å²) in [5.74, 6) is 6.81. The first-order chi connectivity index (χ1) is 9.94. The molecule has 3 N–H and O–H groups in total. The van der Waals surface area contributed by atoms with Gasteiger partial charge in [0.15, 0.2) is 5.82 Å². The molecule has 0 atom stereocenters. The topological polar surface area (TPSA) is 82.3 Å². The van der Waals surface area contributed by atoms with Gasteiger partial charge >= 0.3 is 0 Å². The minimum absolute atomic E-state index is 0.348. The standard InChI is InChI=1S/C15H26N4O2/c1-14(2)5-7-15(21-4,8-6-14)13-17-11(10-20-3)9-12(18-13)19-16/h9H,5-8,10,16H2,1-4H3,(H,17,18,19). The van der Waals surface area contributed by atoms with Crippen LogP contribution >= 0.6 is 0 Å². The molecule has 6 heteroatoms. The van der Waals surface area contributed by atoms with Crippen LogP contribution in [-0.4, -0.2) is 24.2 Å². The van der Waals surface area contributed by atoms with E-state index in [0.29, 0.717) is 23.7 Å². The number of rotatable bonds is 5. The first-order valence-corrected chi connectivity index (χ1v) is 7.34. The molecule has 0 radical (unpaired) electrons. The molecule has 0 aliphatic heterocycles. The molecule has 21 heavy (non-hydrogen) atoms. The largest absolute Gasteiger partial charge is 0.378 e. The summed E-state index contributed by atoms with van der Waals surface area (Å²) in [6, 6.07) is 1.79. The predicted octanol–water partition coefficient (Wildman–Crippen LogP) is 2.35. The molecule has 1 fully saturated rings. The molecule has 2 rings (SSSR count). The Morgan fingerprint density at radius 1 is 1.19 bits per heavy atom. The molecule has 0 saturated heterocycles. The average Bonchev–Trinajstić information content (AvgIpc) is 2.48. The van der Waals surface area contributed by atoms with Crippen LogP contribution < -0.4 is 11.3 Å². The summed E-state index contributed by atoms with van der Waals surface area (Å²) < 4.78 is 11.0. The van der Waals surface area contributed by atoms with Crippen molar-refractivity contribution in [1.29, 1.82) is 0 Å². The second-order valence-electron chi connectivity index (χ2n) is 6.51. The van der Waals surface area contributed by atoms with Crippen molar-refractivity contribution in [1.82, 2.24) is 9.97 Å². The van der Waals surface area contributed by atoms with E-state index in [4.69, 9.17) is 15.3 Å². The molecule has 1 heterocycles. The van der Waals surface area contributed by atoms with Gasteiger partial charge in [-0.3, -0.25) is 0 Å². The predicted molar refractivity (Wildman–Crippen MR) is 81.5 cm³/mol. The highest BCUT2D eigenvalue weighted by molar-refractivity contribution is 5.35. The summed E-state index contributed by atoms with van der Waals surface area (Å²) in [6.07, 6.45) is 4.00. The van der Waals surface area contributed by atoms with Crippen molar-refractivity contribution in [3.8, 4) is 0 Å². The normalized spacial score (nSPS) is 20.2. The number of nitrogens with one attached hydrogen (secondary N) is 1. The van der Waals surface area contributed by atoms with E-state index in [2.05, 4.69) is 29.2 Å². The van der Waals surface area contributed by atoms with Gasteiger partial charge in [-0.25, -0.2) is 15.8 Å². The van der Waals surface area contributed by atoms with Crippen molar-refractivity contribution < 1.29 is 9.47 Å². The number of nitrogens with two attached hydrogens (primary N) is 1. The highest BCUT2D eigenvalue weighted by atomic mass is 16.5. The van der Waals surface area contributed by atoms with Gasteiger partial charge in [0.25, 0.3) is 0 Å². The Bertz CT molecular complexity index is 481. The van der Waals surface area contributed by atoms with E-state index in [0.717, 1.165) is 31.4 Å². The number of nitrogen functional groups attached to an aromatic ring is 1. The van der Waals surface area contributed by atoms with Crippen molar-refractivity contribution in [3.05, 3.63) is 17.6 Å². The van der Waals surface area contributed by atoms with Crippen LogP contribution in [0.3, 0.4) is 0 Å². The SMILES string of the molecule is COCc1cc(NN)nc(C2(OC)CCC(C)(C)CC2)n1. The highest BCUT2D eigenvalue weighted by Crippen LogP contribution is 2.46. The lowest BCUT2D eigenvalue weighted by atomic mass is 9.70. The first-order valence-electron chi connectivity index (χ1n) is 7.34. The van der Waals surface area contributed by atoms with E-state index in [9.17, 15) is 0 Å². The second-order valence-corrected chi connectivity index (χ2v) is 6.51. The minimum atomic E-state index is -0.426. The van der Waals surface area contributed by atoms with E-state index < -0.39 is 5.60 Å². The molecule has 0 spiro atoms. The van der Waals surface area contributed by atoms with Crippen molar-refractivity contribution in [2.45, 2.75) is 51.7 Å². The number of anilines is 1. The molecule has 0 unspecified atom stereocenters. The average molecular weight is 294 g/mol. The zero-order valence-corrected chi connectivity index (χ0v) is 13.4. The van der Waals surface area contributed by atoms with Crippen LogP contribution in [0.4, 0.5) is 5.82 Å². The number of nitrogens with zero attached hydrogens (tertiary/aromatic N) is 2. The van der Waals surface area contributed by atoms with E-state index in [-0.39, 0.29) is 0 Å². The summed E-state index contributed by atoms with van der Waals surface area (Å²) in [4.78, 5) is 9.15. The third-order valence-corrected chi connectivity index (χ3v) is 4.43. The van der Waals surface area contributed by atoms with Crippen LogP contribution in [0.5, 0.6) is 0 Å². The number of methoxy groups -OCH3 is 2. The number of hydrazine groups is 1. The molecule has 1 aliphatic carbocycles. The minimum Gasteiger partial charge on any atom is -0.378 e. The third-order valence-electron chi connectivity index (χ3n) is 4.43. The molecule has 0 bridgehead atoms. The van der Waals surface area contributed by atoms with Gasteiger partial charge in [0.2, 0.25) is 0 Å². The Morgan fingerprint density at radius 2 is 1.86 bits per heavy atom. The Hall–Kier alpha value is -1.24. The van der Waals surface area contributed by atoms with Crippen LogP contribution in [0.1, 0.15) is 51.0 Å². The van der Waals surface area contributed by atoms with E-state index in [1.807, 2.05) is 0 Å². The first kappa shape index (κ1) is 16.1. The van der Waals surface area contributed by atoms with Gasteiger partial charge in [-0.15, -0.1) is 0 Å². The fraction of sp³-hybridized carbons (Fsp3) is 0.733. The fourth-order valence-corrected chi connectivity index (χ4v) is 2.85. The number of hydrogen-bond acceptors (Lipinski definition) is 6. The second kappa shape index (κ2) is 6.25. The Morgan fingerprint density at radius 3 is 2.38 bits per heavy atom. The van der Waals surface area contributed by atoms with Crippen LogP contribution in [0.2, 0.25) is 0 Å². The fourth-order valence-electron chi connectivity index (χ4n) is 2.85. The Kier molecular flexibility index (Phi) is 4.81. The van der Waals surface area contributed by atoms with Crippen molar-refractivity contribution in [2.75, 3.05) is 19.6 Å². The van der Waals surface area contributed by atoms with Crippen LogP contribution in [-0.2, 0) is 21.7 Å². The van der Waals surface area contributed by atoms with Crippen LogP contribution in [0, 0.1) is 5.41 Å². The van der Waals surface area contributed by atoms with Gasteiger partial charge in [0.1, 0.15) is 11.4 Å². The summed E-state index contributed by atoms with van der Waals surface area (Å²) in [5.41, 5.74) is 3.33. The monoisotopic (exact) mass is 294 g/mol. The molecule has 1 aliphatic rings. The lowest BCUT2D eigenvalue weighted by Gasteiger charge is -2.41. The molecule has 6 nitrogen and oxygen atoms in total. The summed E-state index contributed by atoms with van der Waals surface area (Å²) in [5, 5.41) is 0. The number of hydrogen-bond donors (Lipinski definition) is 2. The highest BCUT2D eigenvalue weighted by Gasteiger charge is 2.42. The van der Waals surface area contributed by atoms with E-state index in [1.54, 1.807) is 20.3 Å². The quantitative estimate of drug-likeness (QED) is 0.641. The molecule has 1 saturated carbocycles. The van der Waals surface area contributed by atoms with Gasteiger partial charge in [-0.1, -0.05) is 13.8 Å². The lowest BCUT2D eigenvalue weighted by molar-refractivity contribution is -0.0730. The maximum Gasteiger partial charge on any atom is 0.162 e. The summed E-state index contributed by atoms with van der Waals surface area (Å²) in [6.45, 7) is 5.01. The van der Waals surface area contributed by atoms with Crippen molar-refractivity contribution in [3.63, 3.8) is 0 Å². The number of aromatic nitrogens is 2. The molecule has 0 amide bonds. The maximum atomic E-state index is 5.86. The zero-order valence-electron chi connectivity index (χ0n) is 13.4. The van der Waals surface area contributed by atoms with Gasteiger partial charge in [-0.05, 0) is 31.1 Å².